The van der Waals surface area contributed by atoms with Gasteiger partial charge in [0.1, 0.15) is 18.4 Å². The largest absolute Gasteiger partial charge is 0.416 e. The third-order valence-electron chi connectivity index (χ3n) is 4.43. The van der Waals surface area contributed by atoms with Gasteiger partial charge >= 0.3 is 11.7 Å². The van der Waals surface area contributed by atoms with Crippen molar-refractivity contribution in [2.75, 3.05) is 0 Å². The number of alkyl halides is 3. The molecule has 2 heterocycles. The van der Waals surface area contributed by atoms with E-state index in [2.05, 4.69) is 10.2 Å². The van der Waals surface area contributed by atoms with Gasteiger partial charge in [-0.3, -0.25) is 15.0 Å². The minimum atomic E-state index is -4.45. The Morgan fingerprint density at radius 3 is 2.35 bits per heavy atom. The fourth-order valence-electron chi connectivity index (χ4n) is 3.29. The Balaban J connectivity index is 2.11. The second-order valence-electron chi connectivity index (χ2n) is 5.95. The Kier molecular flexibility index (Phi) is 3.40. The predicted octanol–water partition coefficient (Wildman–Crippen LogP) is 3.66. The van der Waals surface area contributed by atoms with Crippen LogP contribution in [0.2, 0.25) is 0 Å². The fourth-order valence-corrected chi connectivity index (χ4v) is 3.29. The third kappa shape index (κ3) is 2.29. The van der Waals surface area contributed by atoms with Gasteiger partial charge in [-0.05, 0) is 36.4 Å². The van der Waals surface area contributed by atoms with Crippen LogP contribution in [0.3, 0.4) is 0 Å². The van der Waals surface area contributed by atoms with Crippen molar-refractivity contribution in [1.82, 2.24) is 10.2 Å². The number of fused-ring (bicyclic) bond motifs is 3. The van der Waals surface area contributed by atoms with Gasteiger partial charge in [0, 0.05) is 5.56 Å². The average molecular weight is 362 g/mol. The van der Waals surface area contributed by atoms with Crippen LogP contribution in [0.4, 0.5) is 17.6 Å². The summed E-state index contributed by atoms with van der Waals surface area (Å²) in [5.41, 5.74) is 0.184. The number of nitrogens with zero attached hydrogens (tertiary/aromatic N) is 1. The van der Waals surface area contributed by atoms with Crippen LogP contribution in [0, 0.1) is 5.82 Å². The molecular weight excluding hydrogens is 350 g/mol. The SMILES string of the molecule is C[n+]1c(-c2ccc(C(F)(F)F)cc2)c2cccc(F)c2c2[nH][nH]c(=O)c21. The molecule has 4 aromatic rings. The number of hydrogen-bond acceptors (Lipinski definition) is 1. The van der Waals surface area contributed by atoms with Gasteiger partial charge < -0.3 is 0 Å². The van der Waals surface area contributed by atoms with E-state index in [0.717, 1.165) is 12.1 Å². The quantitative estimate of drug-likeness (QED) is 0.394. The number of benzene rings is 2. The van der Waals surface area contributed by atoms with Crippen molar-refractivity contribution in [3.63, 3.8) is 0 Å². The van der Waals surface area contributed by atoms with Crippen LogP contribution < -0.4 is 10.1 Å². The number of rotatable bonds is 1. The number of aromatic amines is 2. The molecule has 0 spiro atoms. The first-order chi connectivity index (χ1) is 12.3. The number of aromatic nitrogens is 3. The highest BCUT2D eigenvalue weighted by molar-refractivity contribution is 6.07. The molecule has 8 heteroatoms. The van der Waals surface area contributed by atoms with E-state index in [0.29, 0.717) is 22.2 Å². The van der Waals surface area contributed by atoms with Crippen molar-refractivity contribution < 1.29 is 22.1 Å². The summed E-state index contributed by atoms with van der Waals surface area (Å²) in [5, 5.41) is 5.78. The van der Waals surface area contributed by atoms with Crippen LogP contribution >= 0.6 is 0 Å². The van der Waals surface area contributed by atoms with Gasteiger partial charge in [0.2, 0.25) is 5.69 Å². The molecule has 4 rings (SSSR count). The van der Waals surface area contributed by atoms with Crippen molar-refractivity contribution in [3.8, 4) is 11.3 Å². The highest BCUT2D eigenvalue weighted by Gasteiger charge is 2.31. The van der Waals surface area contributed by atoms with Crippen molar-refractivity contribution in [2.24, 2.45) is 7.05 Å². The average Bonchev–Trinajstić information content (AvgIpc) is 2.97. The number of halogens is 4. The van der Waals surface area contributed by atoms with Gasteiger partial charge in [-0.15, -0.1) is 0 Å². The van der Waals surface area contributed by atoms with Crippen LogP contribution in [0.5, 0.6) is 0 Å². The zero-order valence-electron chi connectivity index (χ0n) is 13.4. The molecule has 0 aliphatic carbocycles. The summed E-state index contributed by atoms with van der Waals surface area (Å²) in [6, 6.07) is 9.00. The summed E-state index contributed by atoms with van der Waals surface area (Å²) < 4.78 is 54.5. The lowest BCUT2D eigenvalue weighted by atomic mass is 10.0. The Bertz CT molecular complexity index is 1200. The van der Waals surface area contributed by atoms with Crippen molar-refractivity contribution >= 4 is 21.8 Å². The Morgan fingerprint density at radius 1 is 1.00 bits per heavy atom. The van der Waals surface area contributed by atoms with E-state index in [-0.39, 0.29) is 10.9 Å². The number of hydrogen-bond donors (Lipinski definition) is 2. The molecule has 0 fully saturated rings. The van der Waals surface area contributed by atoms with E-state index in [1.807, 2.05) is 0 Å². The van der Waals surface area contributed by atoms with Gasteiger partial charge in [-0.25, -0.2) is 4.39 Å². The molecule has 2 N–H and O–H groups in total. The van der Waals surface area contributed by atoms with Crippen LogP contribution in [0.1, 0.15) is 5.56 Å². The molecule has 0 aliphatic heterocycles. The minimum Gasteiger partial charge on any atom is -0.291 e. The van der Waals surface area contributed by atoms with E-state index >= 15 is 0 Å². The number of aryl methyl sites for hydroxylation is 1. The van der Waals surface area contributed by atoms with Crippen LogP contribution in [0.15, 0.2) is 47.3 Å². The summed E-state index contributed by atoms with van der Waals surface area (Å²) in [7, 11) is 1.61. The Morgan fingerprint density at radius 2 is 1.69 bits per heavy atom. The molecule has 0 saturated heterocycles. The van der Waals surface area contributed by atoms with Gasteiger partial charge in [0.15, 0.2) is 0 Å². The number of H-pyrrole nitrogens is 2. The van der Waals surface area contributed by atoms with Crippen molar-refractivity contribution in [1.29, 1.82) is 0 Å². The van der Waals surface area contributed by atoms with E-state index in [4.69, 9.17) is 0 Å². The Hall–Kier alpha value is -3.16. The topological polar surface area (TPSA) is 52.5 Å². The lowest BCUT2D eigenvalue weighted by Crippen LogP contribution is -2.35. The summed E-state index contributed by atoms with van der Waals surface area (Å²) >= 11 is 0. The zero-order chi connectivity index (χ0) is 18.6. The molecule has 0 radical (unpaired) electrons. The molecule has 0 aliphatic rings. The maximum Gasteiger partial charge on any atom is 0.416 e. The molecule has 132 valence electrons. The van der Waals surface area contributed by atoms with Gasteiger partial charge in [-0.2, -0.15) is 17.7 Å². The number of nitrogens with one attached hydrogen (secondary N) is 2. The number of pyridine rings is 1. The van der Waals surface area contributed by atoms with Crippen LogP contribution in [-0.2, 0) is 13.2 Å². The van der Waals surface area contributed by atoms with Crippen LogP contribution in [0.25, 0.3) is 33.1 Å². The highest BCUT2D eigenvalue weighted by Crippen LogP contribution is 2.33. The van der Waals surface area contributed by atoms with E-state index < -0.39 is 23.1 Å². The minimum absolute atomic E-state index is 0.203. The summed E-state index contributed by atoms with van der Waals surface area (Å²) in [4.78, 5) is 12.1. The van der Waals surface area contributed by atoms with Crippen molar-refractivity contribution in [3.05, 3.63) is 64.2 Å². The summed E-state index contributed by atoms with van der Waals surface area (Å²) in [5.74, 6) is -0.531. The maximum absolute atomic E-state index is 14.5. The Labute approximate surface area is 143 Å². The first kappa shape index (κ1) is 16.3. The van der Waals surface area contributed by atoms with Crippen LogP contribution in [-0.4, -0.2) is 10.2 Å². The monoisotopic (exact) mass is 362 g/mol. The second-order valence-corrected chi connectivity index (χ2v) is 5.95. The van der Waals surface area contributed by atoms with Gasteiger partial charge in [0.25, 0.3) is 5.52 Å². The molecule has 0 bridgehead atoms. The first-order valence-electron chi connectivity index (χ1n) is 7.67. The van der Waals surface area contributed by atoms with Crippen molar-refractivity contribution in [2.45, 2.75) is 6.18 Å². The normalized spacial score (nSPS) is 12.2. The van der Waals surface area contributed by atoms with E-state index in [1.165, 1.54) is 24.3 Å². The third-order valence-corrected chi connectivity index (χ3v) is 4.43. The fraction of sp³-hybridized carbons (Fsp3) is 0.111. The highest BCUT2D eigenvalue weighted by atomic mass is 19.4. The van der Waals surface area contributed by atoms with Gasteiger partial charge in [-0.1, -0.05) is 6.07 Å². The maximum atomic E-state index is 14.5. The van der Waals surface area contributed by atoms with Gasteiger partial charge in [0.05, 0.1) is 16.3 Å². The molecule has 0 unspecified atom stereocenters. The molecule has 2 aromatic heterocycles. The first-order valence-corrected chi connectivity index (χ1v) is 7.67. The molecule has 0 atom stereocenters. The van der Waals surface area contributed by atoms with E-state index in [9.17, 15) is 22.4 Å². The second kappa shape index (κ2) is 5.42. The smallest absolute Gasteiger partial charge is 0.291 e. The molecule has 26 heavy (non-hydrogen) atoms. The standard InChI is InChI=1S/C18H11F4N3O/c1-25-15(9-5-7-10(8-6-9)18(20,21)22)11-3-2-4-12(19)13(11)14-16(25)17(26)24-23-14/h2-8,26H,1H3/p+1. The molecule has 4 nitrogen and oxygen atoms in total. The predicted molar refractivity (Wildman–Crippen MR) is 88.0 cm³/mol. The zero-order valence-corrected chi connectivity index (χ0v) is 13.4. The van der Waals surface area contributed by atoms with E-state index in [1.54, 1.807) is 17.7 Å². The summed E-state index contributed by atoms with van der Waals surface area (Å²) in [6.45, 7) is 0. The molecule has 2 aromatic carbocycles. The molecule has 0 amide bonds. The molecular formula is C18H12F4N3O+. The molecule has 0 saturated carbocycles. The summed E-state index contributed by atoms with van der Waals surface area (Å²) in [6.07, 6.45) is -4.45. The lowest BCUT2D eigenvalue weighted by Gasteiger charge is -2.09. The lowest BCUT2D eigenvalue weighted by molar-refractivity contribution is -0.632.